The van der Waals surface area contributed by atoms with Crippen LogP contribution in [-0.4, -0.2) is 28.5 Å². The van der Waals surface area contributed by atoms with E-state index in [4.69, 9.17) is 11.6 Å². The van der Waals surface area contributed by atoms with E-state index in [1.165, 1.54) is 19.3 Å². The summed E-state index contributed by atoms with van der Waals surface area (Å²) in [6.07, 6.45) is 6.97. The zero-order valence-corrected chi connectivity index (χ0v) is 19.5. The molecule has 1 fully saturated rings. The van der Waals surface area contributed by atoms with Crippen LogP contribution in [0.25, 0.3) is 16.6 Å². The van der Waals surface area contributed by atoms with Gasteiger partial charge >= 0.3 is 0 Å². The van der Waals surface area contributed by atoms with Gasteiger partial charge < -0.3 is 14.8 Å². The van der Waals surface area contributed by atoms with Crippen LogP contribution in [0.3, 0.4) is 0 Å². The van der Waals surface area contributed by atoms with E-state index in [0.29, 0.717) is 21.5 Å². The standard InChI is InChI=1S/C27H25ClN4O2/c28-21-10-11-23-24(15-21)32(22-7-3-1-4-8-22)18-20(26(23)33)17-30-27(34)19-9-12-25(29-16-19)31-13-5-2-6-14-31/h1,3-4,7-12,15-16,18H,2,5-6,13-14,17H2,(H,30,34). The van der Waals surface area contributed by atoms with Crippen molar-refractivity contribution in [3.05, 3.63) is 99.4 Å². The minimum absolute atomic E-state index is 0.108. The van der Waals surface area contributed by atoms with E-state index < -0.39 is 0 Å². The maximum atomic E-state index is 13.2. The van der Waals surface area contributed by atoms with Gasteiger partial charge in [-0.15, -0.1) is 0 Å². The highest BCUT2D eigenvalue weighted by molar-refractivity contribution is 6.31. The quantitative estimate of drug-likeness (QED) is 0.446. The number of hydrogen-bond acceptors (Lipinski definition) is 4. The van der Waals surface area contributed by atoms with Gasteiger partial charge in [-0.1, -0.05) is 29.8 Å². The van der Waals surface area contributed by atoms with Gasteiger partial charge in [-0.2, -0.15) is 0 Å². The van der Waals surface area contributed by atoms with Gasteiger partial charge in [0.15, 0.2) is 5.43 Å². The Kier molecular flexibility index (Phi) is 6.32. The van der Waals surface area contributed by atoms with Crippen molar-refractivity contribution in [3.63, 3.8) is 0 Å². The molecule has 4 aromatic rings. The molecule has 1 aliphatic rings. The smallest absolute Gasteiger partial charge is 0.253 e. The number of para-hydroxylation sites is 1. The number of nitrogens with one attached hydrogen (secondary N) is 1. The van der Waals surface area contributed by atoms with Crippen LogP contribution >= 0.6 is 11.6 Å². The summed E-state index contributed by atoms with van der Waals surface area (Å²) in [6.45, 7) is 2.11. The maximum absolute atomic E-state index is 13.2. The third-order valence-electron chi connectivity index (χ3n) is 6.20. The molecular weight excluding hydrogens is 448 g/mol. The van der Waals surface area contributed by atoms with Crippen LogP contribution in [-0.2, 0) is 6.54 Å². The van der Waals surface area contributed by atoms with Gasteiger partial charge in [-0.05, 0) is 61.7 Å². The van der Waals surface area contributed by atoms with Crippen molar-refractivity contribution in [1.82, 2.24) is 14.9 Å². The minimum atomic E-state index is -0.264. The van der Waals surface area contributed by atoms with Crippen LogP contribution in [0.4, 0.5) is 5.82 Å². The molecule has 172 valence electrons. The minimum Gasteiger partial charge on any atom is -0.357 e. The Bertz CT molecular complexity index is 1380. The van der Waals surface area contributed by atoms with Gasteiger partial charge in [-0.3, -0.25) is 9.59 Å². The molecule has 0 unspecified atom stereocenters. The lowest BCUT2D eigenvalue weighted by atomic mass is 10.1. The molecule has 5 rings (SSSR count). The molecule has 1 amide bonds. The molecule has 34 heavy (non-hydrogen) atoms. The third kappa shape index (κ3) is 4.54. The summed E-state index contributed by atoms with van der Waals surface area (Å²) < 4.78 is 1.93. The van der Waals surface area contributed by atoms with E-state index in [1.807, 2.05) is 41.0 Å². The number of carbonyl (C=O) groups is 1. The molecular formula is C27H25ClN4O2. The average Bonchev–Trinajstić information content (AvgIpc) is 2.89. The lowest BCUT2D eigenvalue weighted by Crippen LogP contribution is -2.30. The summed E-state index contributed by atoms with van der Waals surface area (Å²) in [5.41, 5.74) is 2.45. The number of piperidine rings is 1. The Morgan fingerprint density at radius 1 is 1.00 bits per heavy atom. The molecule has 1 aliphatic heterocycles. The largest absolute Gasteiger partial charge is 0.357 e. The maximum Gasteiger partial charge on any atom is 0.253 e. The van der Waals surface area contributed by atoms with Crippen LogP contribution in [0.15, 0.2) is 77.9 Å². The Balaban J connectivity index is 1.39. The van der Waals surface area contributed by atoms with Crippen LogP contribution in [0.1, 0.15) is 35.2 Å². The van der Waals surface area contributed by atoms with Gasteiger partial charge in [0.1, 0.15) is 5.82 Å². The van der Waals surface area contributed by atoms with Crippen molar-refractivity contribution in [2.75, 3.05) is 18.0 Å². The number of carbonyl (C=O) groups excluding carboxylic acids is 1. The summed E-state index contributed by atoms with van der Waals surface area (Å²) >= 11 is 6.22. The second-order valence-electron chi connectivity index (χ2n) is 8.49. The molecule has 2 aromatic heterocycles. The Labute approximate surface area is 202 Å². The number of pyridine rings is 2. The van der Waals surface area contributed by atoms with E-state index in [-0.39, 0.29) is 17.9 Å². The Hall–Kier alpha value is -3.64. The molecule has 0 aliphatic carbocycles. The van der Waals surface area contributed by atoms with Gasteiger partial charge in [0.2, 0.25) is 0 Å². The third-order valence-corrected chi connectivity index (χ3v) is 6.44. The first kappa shape index (κ1) is 22.2. The fourth-order valence-electron chi connectivity index (χ4n) is 4.39. The van der Waals surface area contributed by atoms with Gasteiger partial charge in [0, 0.05) is 53.7 Å². The van der Waals surface area contributed by atoms with Crippen LogP contribution in [0.5, 0.6) is 0 Å². The average molecular weight is 473 g/mol. The predicted molar refractivity (Wildman–Crippen MR) is 136 cm³/mol. The Morgan fingerprint density at radius 3 is 2.53 bits per heavy atom. The molecule has 3 heterocycles. The molecule has 0 bridgehead atoms. The van der Waals surface area contributed by atoms with Gasteiger partial charge in [-0.25, -0.2) is 4.98 Å². The van der Waals surface area contributed by atoms with Crippen molar-refractivity contribution in [2.24, 2.45) is 0 Å². The lowest BCUT2D eigenvalue weighted by molar-refractivity contribution is 0.0950. The number of nitrogens with zero attached hydrogens (tertiary/aromatic N) is 3. The van der Waals surface area contributed by atoms with E-state index in [1.54, 1.807) is 36.7 Å². The van der Waals surface area contributed by atoms with Crippen LogP contribution < -0.4 is 15.6 Å². The van der Waals surface area contributed by atoms with E-state index in [2.05, 4.69) is 15.2 Å². The molecule has 0 atom stereocenters. The number of amides is 1. The van der Waals surface area contributed by atoms with Gasteiger partial charge in [0.05, 0.1) is 11.1 Å². The van der Waals surface area contributed by atoms with Crippen LogP contribution in [0, 0.1) is 0 Å². The zero-order chi connectivity index (χ0) is 23.5. The first-order valence-corrected chi connectivity index (χ1v) is 11.9. The monoisotopic (exact) mass is 472 g/mol. The second kappa shape index (κ2) is 9.69. The summed E-state index contributed by atoms with van der Waals surface area (Å²) in [4.78, 5) is 32.7. The summed E-state index contributed by atoms with van der Waals surface area (Å²) in [6, 6.07) is 18.6. The predicted octanol–water partition coefficient (Wildman–Crippen LogP) is 4.96. The number of halogens is 1. The molecule has 0 spiro atoms. The zero-order valence-electron chi connectivity index (χ0n) is 18.7. The first-order chi connectivity index (χ1) is 16.6. The molecule has 6 nitrogen and oxygen atoms in total. The van der Waals surface area contributed by atoms with Crippen LogP contribution in [0.2, 0.25) is 5.02 Å². The SMILES string of the molecule is O=C(NCc1cn(-c2ccccc2)c2cc(Cl)ccc2c1=O)c1ccc(N2CCCCC2)nc1. The topological polar surface area (TPSA) is 67.2 Å². The molecule has 1 N–H and O–H groups in total. The molecule has 0 saturated carbocycles. The fraction of sp³-hybridized carbons (Fsp3) is 0.222. The van der Waals surface area contributed by atoms with Crippen molar-refractivity contribution < 1.29 is 4.79 Å². The number of rotatable bonds is 5. The van der Waals surface area contributed by atoms with E-state index >= 15 is 0 Å². The Morgan fingerprint density at radius 2 is 1.79 bits per heavy atom. The highest BCUT2D eigenvalue weighted by atomic mass is 35.5. The fourth-order valence-corrected chi connectivity index (χ4v) is 4.56. The molecule has 0 radical (unpaired) electrons. The number of benzene rings is 2. The summed E-state index contributed by atoms with van der Waals surface area (Å²) in [7, 11) is 0. The number of fused-ring (bicyclic) bond motifs is 1. The molecule has 7 heteroatoms. The number of hydrogen-bond donors (Lipinski definition) is 1. The first-order valence-electron chi connectivity index (χ1n) is 11.5. The molecule has 2 aromatic carbocycles. The normalized spacial score (nSPS) is 13.7. The van der Waals surface area contributed by atoms with E-state index in [9.17, 15) is 9.59 Å². The number of aromatic nitrogens is 2. The van der Waals surface area contributed by atoms with Crippen molar-refractivity contribution >= 4 is 34.2 Å². The molecule has 1 saturated heterocycles. The van der Waals surface area contributed by atoms with Crippen molar-refractivity contribution in [2.45, 2.75) is 25.8 Å². The summed E-state index contributed by atoms with van der Waals surface area (Å²) in [5, 5.41) is 3.98. The highest BCUT2D eigenvalue weighted by Gasteiger charge is 2.15. The highest BCUT2D eigenvalue weighted by Crippen LogP contribution is 2.22. The van der Waals surface area contributed by atoms with E-state index in [0.717, 1.165) is 30.1 Å². The van der Waals surface area contributed by atoms with Gasteiger partial charge in [0.25, 0.3) is 5.91 Å². The lowest BCUT2D eigenvalue weighted by Gasteiger charge is -2.27. The summed E-state index contributed by atoms with van der Waals surface area (Å²) in [5.74, 6) is 0.634. The van der Waals surface area contributed by atoms with Crippen molar-refractivity contribution in [3.8, 4) is 5.69 Å². The van der Waals surface area contributed by atoms with Crippen molar-refractivity contribution in [1.29, 1.82) is 0 Å². The second-order valence-corrected chi connectivity index (χ2v) is 8.92. The number of anilines is 1.